The number of carbonyl (C=O) groups excluding carboxylic acids is 4. The number of fused-ring (bicyclic) bond motifs is 2. The summed E-state index contributed by atoms with van der Waals surface area (Å²) in [6, 6.07) is 7.95. The molecule has 162 valence electrons. The van der Waals surface area contributed by atoms with Crippen molar-refractivity contribution in [3.63, 3.8) is 0 Å². The Morgan fingerprint density at radius 3 is 2.32 bits per heavy atom. The molecule has 1 aromatic carbocycles. The van der Waals surface area contributed by atoms with Crippen molar-refractivity contribution in [3.8, 4) is 0 Å². The van der Waals surface area contributed by atoms with E-state index in [1.807, 2.05) is 62.2 Å². The Kier molecular flexibility index (Phi) is 5.29. The lowest BCUT2D eigenvalue weighted by molar-refractivity contribution is -0.154. The lowest BCUT2D eigenvalue weighted by Gasteiger charge is -2.23. The van der Waals surface area contributed by atoms with E-state index in [0.29, 0.717) is 12.8 Å². The van der Waals surface area contributed by atoms with Crippen LogP contribution in [0.5, 0.6) is 0 Å². The maximum Gasteiger partial charge on any atom is 0.326 e. The summed E-state index contributed by atoms with van der Waals surface area (Å²) in [6.45, 7) is 3.19. The molecule has 0 radical (unpaired) electrons. The second-order valence-electron chi connectivity index (χ2n) is 8.78. The zero-order chi connectivity index (χ0) is 22.3. The van der Waals surface area contributed by atoms with Gasteiger partial charge in [-0.2, -0.15) is 0 Å². The molecule has 0 spiro atoms. The van der Waals surface area contributed by atoms with Crippen LogP contribution in [0.25, 0.3) is 0 Å². The normalized spacial score (nSPS) is 25.1. The summed E-state index contributed by atoms with van der Waals surface area (Å²) in [7, 11) is 1.90. The Morgan fingerprint density at radius 2 is 1.71 bits per heavy atom. The summed E-state index contributed by atoms with van der Waals surface area (Å²) in [4.78, 5) is 52.6. The Hall–Kier alpha value is -3.22. The van der Waals surface area contributed by atoms with Crippen LogP contribution in [0.2, 0.25) is 0 Å². The van der Waals surface area contributed by atoms with Crippen molar-refractivity contribution < 1.29 is 23.9 Å². The number of amides is 2. The first kappa shape index (κ1) is 21.0. The first-order chi connectivity index (χ1) is 14.7. The van der Waals surface area contributed by atoms with E-state index in [4.69, 9.17) is 4.74 Å². The van der Waals surface area contributed by atoms with Crippen LogP contribution in [0, 0.1) is 11.8 Å². The average Bonchev–Trinajstić information content (AvgIpc) is 3.11. The fraction of sp³-hybridized carbons (Fsp3) is 0.417. The van der Waals surface area contributed by atoms with Crippen molar-refractivity contribution in [2.75, 3.05) is 25.1 Å². The molecule has 2 amide bonds. The maximum absolute atomic E-state index is 12.5. The number of nitrogens with zero attached hydrogens (tertiary/aromatic N) is 2. The number of ketones is 1. The standard InChI is InChI=1S/C24H26N2O5/c1-24(2)18-10-6-7-11-19(18)25(3)20(24)12-15(27)14-31-21(28)13-26-22(29)16-8-4-5-9-17(16)23(26)30/h4-7,10-12,16-17H,8-9,13-14H2,1-3H3/b20-12-/t16-,17+. The molecule has 1 aromatic rings. The number of hydrogen-bond donors (Lipinski definition) is 0. The molecule has 1 fully saturated rings. The summed E-state index contributed by atoms with van der Waals surface area (Å²) in [5.74, 6) is -2.57. The van der Waals surface area contributed by atoms with E-state index >= 15 is 0 Å². The predicted octanol–water partition coefficient (Wildman–Crippen LogP) is 2.36. The number of allylic oxidation sites excluding steroid dienone is 3. The lowest BCUT2D eigenvalue weighted by Crippen LogP contribution is -2.37. The number of ether oxygens (including phenoxy) is 1. The highest BCUT2D eigenvalue weighted by Crippen LogP contribution is 2.46. The maximum atomic E-state index is 12.5. The fourth-order valence-electron chi connectivity index (χ4n) is 4.80. The molecule has 1 saturated heterocycles. The van der Waals surface area contributed by atoms with Gasteiger partial charge in [0.25, 0.3) is 0 Å². The van der Waals surface area contributed by atoms with Gasteiger partial charge in [0, 0.05) is 29.9 Å². The smallest absolute Gasteiger partial charge is 0.326 e. The molecule has 2 heterocycles. The third-order valence-electron chi connectivity index (χ3n) is 6.50. The quantitative estimate of drug-likeness (QED) is 0.314. The van der Waals surface area contributed by atoms with E-state index in [9.17, 15) is 19.2 Å². The molecule has 0 bridgehead atoms. The van der Waals surface area contributed by atoms with Gasteiger partial charge in [0.2, 0.25) is 11.8 Å². The molecule has 7 nitrogen and oxygen atoms in total. The SMILES string of the molecule is CN1/C(=C\C(=O)COC(=O)CN2C(=O)[C@H]3CC=CC[C@H]3C2=O)C(C)(C)c2ccccc21. The van der Waals surface area contributed by atoms with E-state index in [1.54, 1.807) is 0 Å². The number of benzene rings is 1. The molecule has 2 atom stereocenters. The third-order valence-corrected chi connectivity index (χ3v) is 6.50. The largest absolute Gasteiger partial charge is 0.456 e. The highest BCUT2D eigenvalue weighted by atomic mass is 16.5. The van der Waals surface area contributed by atoms with Crippen LogP contribution in [-0.4, -0.2) is 48.7 Å². The molecule has 7 heteroatoms. The van der Waals surface area contributed by atoms with Gasteiger partial charge in [-0.3, -0.25) is 24.1 Å². The summed E-state index contributed by atoms with van der Waals surface area (Å²) in [5.41, 5.74) is 2.61. The van der Waals surface area contributed by atoms with Crippen LogP contribution in [-0.2, 0) is 29.3 Å². The Balaban J connectivity index is 1.37. The van der Waals surface area contributed by atoms with Gasteiger partial charge in [0.1, 0.15) is 6.54 Å². The van der Waals surface area contributed by atoms with Crippen molar-refractivity contribution in [3.05, 3.63) is 53.8 Å². The van der Waals surface area contributed by atoms with Gasteiger partial charge in [0.05, 0.1) is 11.8 Å². The topological polar surface area (TPSA) is 84.0 Å². The number of para-hydroxylation sites is 1. The van der Waals surface area contributed by atoms with Crippen molar-refractivity contribution in [1.82, 2.24) is 4.90 Å². The second kappa shape index (κ2) is 7.80. The van der Waals surface area contributed by atoms with E-state index in [2.05, 4.69) is 0 Å². The van der Waals surface area contributed by atoms with Crippen molar-refractivity contribution >= 4 is 29.3 Å². The first-order valence-electron chi connectivity index (χ1n) is 10.5. The predicted molar refractivity (Wildman–Crippen MR) is 114 cm³/mol. The highest BCUT2D eigenvalue weighted by Gasteiger charge is 2.47. The summed E-state index contributed by atoms with van der Waals surface area (Å²) >= 11 is 0. The highest BCUT2D eigenvalue weighted by molar-refractivity contribution is 6.07. The third kappa shape index (κ3) is 3.58. The number of carbonyl (C=O) groups is 4. The molecule has 4 rings (SSSR count). The van der Waals surface area contributed by atoms with Gasteiger partial charge in [0.15, 0.2) is 12.4 Å². The molecule has 31 heavy (non-hydrogen) atoms. The van der Waals surface area contributed by atoms with Crippen LogP contribution in [0.3, 0.4) is 0 Å². The number of imide groups is 1. The van der Waals surface area contributed by atoms with Gasteiger partial charge in [-0.05, 0) is 24.5 Å². The van der Waals surface area contributed by atoms with Gasteiger partial charge in [-0.25, -0.2) is 0 Å². The van der Waals surface area contributed by atoms with E-state index in [1.165, 1.54) is 6.08 Å². The Bertz CT molecular complexity index is 997. The average molecular weight is 422 g/mol. The Morgan fingerprint density at radius 1 is 1.10 bits per heavy atom. The fourth-order valence-corrected chi connectivity index (χ4v) is 4.80. The Labute approximate surface area is 181 Å². The molecule has 0 aromatic heterocycles. The van der Waals surface area contributed by atoms with E-state index in [0.717, 1.165) is 21.8 Å². The van der Waals surface area contributed by atoms with Crippen molar-refractivity contribution in [2.24, 2.45) is 11.8 Å². The number of likely N-dealkylation sites (N-methyl/N-ethyl adjacent to an activating group) is 1. The van der Waals surface area contributed by atoms with Crippen molar-refractivity contribution in [1.29, 1.82) is 0 Å². The molecule has 0 unspecified atom stereocenters. The van der Waals surface area contributed by atoms with Crippen LogP contribution < -0.4 is 4.90 Å². The zero-order valence-electron chi connectivity index (χ0n) is 18.0. The van der Waals surface area contributed by atoms with Gasteiger partial charge in [-0.15, -0.1) is 0 Å². The molecule has 3 aliphatic rings. The summed E-state index contributed by atoms with van der Waals surface area (Å²) in [6.07, 6.45) is 6.30. The number of anilines is 1. The van der Waals surface area contributed by atoms with Gasteiger partial charge >= 0.3 is 5.97 Å². The minimum Gasteiger partial charge on any atom is -0.456 e. The van der Waals surface area contributed by atoms with E-state index in [-0.39, 0.29) is 23.0 Å². The number of rotatable bonds is 5. The lowest BCUT2D eigenvalue weighted by atomic mass is 9.83. The molecule has 1 aliphatic carbocycles. The van der Waals surface area contributed by atoms with E-state index < -0.39 is 31.0 Å². The minimum absolute atomic E-state index is 0.336. The van der Waals surface area contributed by atoms with Crippen LogP contribution >= 0.6 is 0 Å². The number of esters is 1. The first-order valence-corrected chi connectivity index (χ1v) is 10.5. The monoisotopic (exact) mass is 422 g/mol. The summed E-state index contributed by atoms with van der Waals surface area (Å²) < 4.78 is 5.09. The van der Waals surface area contributed by atoms with Crippen LogP contribution in [0.15, 0.2) is 48.2 Å². The molecule has 0 N–H and O–H groups in total. The van der Waals surface area contributed by atoms with Crippen LogP contribution in [0.4, 0.5) is 5.69 Å². The summed E-state index contributed by atoms with van der Waals surface area (Å²) in [5, 5.41) is 0. The number of hydrogen-bond acceptors (Lipinski definition) is 6. The molecular weight excluding hydrogens is 396 g/mol. The number of likely N-dealkylation sites (tertiary alicyclic amines) is 1. The van der Waals surface area contributed by atoms with Crippen molar-refractivity contribution in [2.45, 2.75) is 32.1 Å². The minimum atomic E-state index is -0.762. The van der Waals surface area contributed by atoms with Crippen LogP contribution in [0.1, 0.15) is 32.3 Å². The molecule has 2 aliphatic heterocycles. The second-order valence-corrected chi connectivity index (χ2v) is 8.78. The van der Waals surface area contributed by atoms with Gasteiger partial charge < -0.3 is 9.64 Å². The van der Waals surface area contributed by atoms with Gasteiger partial charge in [-0.1, -0.05) is 44.2 Å². The molecule has 0 saturated carbocycles. The zero-order valence-corrected chi connectivity index (χ0v) is 18.0. The molecular formula is C24H26N2O5.